The van der Waals surface area contributed by atoms with Crippen LogP contribution in [0.4, 0.5) is 11.4 Å². The van der Waals surface area contributed by atoms with Crippen LogP contribution in [0.15, 0.2) is 42.5 Å². The zero-order valence-electron chi connectivity index (χ0n) is 16.8. The Morgan fingerprint density at radius 1 is 1.17 bits per heavy atom. The van der Waals surface area contributed by atoms with Crippen LogP contribution >= 0.6 is 0 Å². The van der Waals surface area contributed by atoms with Crippen molar-refractivity contribution in [1.82, 2.24) is 0 Å². The molecule has 0 aromatic heterocycles. The van der Waals surface area contributed by atoms with E-state index in [1.54, 1.807) is 4.90 Å². The Kier molecular flexibility index (Phi) is 5.43. The van der Waals surface area contributed by atoms with E-state index < -0.39 is 0 Å². The fraction of sp³-hybridized carbons (Fsp3) is 0.391. The summed E-state index contributed by atoms with van der Waals surface area (Å²) in [6.45, 7) is 5.65. The highest BCUT2D eigenvalue weighted by Crippen LogP contribution is 2.36. The van der Waals surface area contributed by atoms with Gasteiger partial charge in [0.2, 0.25) is 11.8 Å². The number of rotatable bonds is 5. The van der Waals surface area contributed by atoms with Gasteiger partial charge in [0, 0.05) is 30.4 Å². The Labute approximate surface area is 170 Å². The fourth-order valence-corrected chi connectivity index (χ4v) is 3.83. The smallest absolute Gasteiger partial charge is 0.229 e. The van der Waals surface area contributed by atoms with Gasteiger partial charge in [-0.1, -0.05) is 32.0 Å². The lowest BCUT2D eigenvalue weighted by Crippen LogP contribution is -2.28. The van der Waals surface area contributed by atoms with Gasteiger partial charge in [0.1, 0.15) is 13.2 Å². The zero-order chi connectivity index (χ0) is 20.4. The predicted molar refractivity (Wildman–Crippen MR) is 112 cm³/mol. The van der Waals surface area contributed by atoms with Crippen LogP contribution in [0, 0.1) is 5.92 Å². The van der Waals surface area contributed by atoms with Crippen LogP contribution < -0.4 is 19.7 Å². The molecule has 2 aromatic carbocycles. The van der Waals surface area contributed by atoms with E-state index in [0.29, 0.717) is 37.2 Å². The Morgan fingerprint density at radius 2 is 1.93 bits per heavy atom. The first-order valence-electron chi connectivity index (χ1n) is 10.2. The maximum Gasteiger partial charge on any atom is 0.229 e. The highest BCUT2D eigenvalue weighted by molar-refractivity contribution is 6.03. The molecule has 0 spiro atoms. The summed E-state index contributed by atoms with van der Waals surface area (Å²) >= 11 is 0. The molecule has 2 amide bonds. The molecule has 0 unspecified atom stereocenters. The SMILES string of the molecule is CC[C@@H](C)c1ccccc1NC(=O)[C@H]1CC(=O)N(c2ccc3c(c2)OCCO3)C1. The molecule has 152 valence electrons. The van der Waals surface area contributed by atoms with Gasteiger partial charge in [0.15, 0.2) is 11.5 Å². The fourth-order valence-electron chi connectivity index (χ4n) is 3.83. The van der Waals surface area contributed by atoms with Crippen LogP contribution in [0.1, 0.15) is 38.2 Å². The van der Waals surface area contributed by atoms with Crippen molar-refractivity contribution in [3.8, 4) is 11.5 Å². The number of anilines is 2. The first kappa shape index (κ1) is 19.3. The molecule has 2 heterocycles. The predicted octanol–water partition coefficient (Wildman–Crippen LogP) is 3.96. The van der Waals surface area contributed by atoms with E-state index in [1.807, 2.05) is 42.5 Å². The quantitative estimate of drug-likeness (QED) is 0.833. The van der Waals surface area contributed by atoms with Gasteiger partial charge in [-0.25, -0.2) is 0 Å². The summed E-state index contributed by atoms with van der Waals surface area (Å²) in [5.41, 5.74) is 2.68. The number of nitrogens with zero attached hydrogens (tertiary/aromatic N) is 1. The van der Waals surface area contributed by atoms with Gasteiger partial charge < -0.3 is 19.7 Å². The second-order valence-corrected chi connectivity index (χ2v) is 7.62. The summed E-state index contributed by atoms with van der Waals surface area (Å²) in [4.78, 5) is 27.2. The molecule has 2 aliphatic rings. The van der Waals surface area contributed by atoms with Gasteiger partial charge >= 0.3 is 0 Å². The molecule has 0 aliphatic carbocycles. The van der Waals surface area contributed by atoms with E-state index in [-0.39, 0.29) is 24.2 Å². The summed E-state index contributed by atoms with van der Waals surface area (Å²) in [7, 11) is 0. The average molecular weight is 394 g/mol. The second-order valence-electron chi connectivity index (χ2n) is 7.62. The summed E-state index contributed by atoms with van der Waals surface area (Å²) in [5, 5.41) is 3.05. The standard InChI is InChI=1S/C23H26N2O4/c1-3-15(2)18-6-4-5-7-19(18)24-23(27)16-12-22(26)25(14-16)17-8-9-20-21(13-17)29-11-10-28-20/h4-9,13,15-16H,3,10-12,14H2,1-2H3,(H,24,27)/t15-,16+/m1/s1. The minimum Gasteiger partial charge on any atom is -0.486 e. The van der Waals surface area contributed by atoms with Crippen molar-refractivity contribution in [1.29, 1.82) is 0 Å². The van der Waals surface area contributed by atoms with Crippen LogP contribution in [0.3, 0.4) is 0 Å². The molecular weight excluding hydrogens is 368 g/mol. The number of hydrogen-bond donors (Lipinski definition) is 1. The van der Waals surface area contributed by atoms with E-state index >= 15 is 0 Å². The monoisotopic (exact) mass is 394 g/mol. The number of para-hydroxylation sites is 1. The number of ether oxygens (including phenoxy) is 2. The maximum absolute atomic E-state index is 12.9. The number of nitrogens with one attached hydrogen (secondary N) is 1. The van der Waals surface area contributed by atoms with E-state index in [2.05, 4.69) is 19.2 Å². The minimum absolute atomic E-state index is 0.0583. The topological polar surface area (TPSA) is 67.9 Å². The van der Waals surface area contributed by atoms with Crippen molar-refractivity contribution >= 4 is 23.2 Å². The van der Waals surface area contributed by atoms with E-state index in [9.17, 15) is 9.59 Å². The first-order chi connectivity index (χ1) is 14.1. The molecule has 1 N–H and O–H groups in total. The number of hydrogen-bond acceptors (Lipinski definition) is 4. The highest BCUT2D eigenvalue weighted by Gasteiger charge is 2.36. The van der Waals surface area contributed by atoms with E-state index in [4.69, 9.17) is 9.47 Å². The molecular formula is C23H26N2O4. The molecule has 2 aliphatic heterocycles. The molecule has 6 nitrogen and oxygen atoms in total. The molecule has 6 heteroatoms. The van der Waals surface area contributed by atoms with E-state index in [1.165, 1.54) is 0 Å². The van der Waals surface area contributed by atoms with Crippen LogP contribution in [-0.2, 0) is 9.59 Å². The Bertz CT molecular complexity index is 927. The molecule has 0 bridgehead atoms. The molecule has 1 saturated heterocycles. The lowest BCUT2D eigenvalue weighted by Gasteiger charge is -2.22. The molecule has 2 atom stereocenters. The second kappa shape index (κ2) is 8.15. The molecule has 0 saturated carbocycles. The molecule has 29 heavy (non-hydrogen) atoms. The third-order valence-corrected chi connectivity index (χ3v) is 5.70. The van der Waals surface area contributed by atoms with Gasteiger partial charge in [-0.2, -0.15) is 0 Å². The maximum atomic E-state index is 12.9. The van der Waals surface area contributed by atoms with Crippen molar-refractivity contribution in [2.75, 3.05) is 30.0 Å². The molecule has 4 rings (SSSR count). The Morgan fingerprint density at radius 3 is 2.72 bits per heavy atom. The summed E-state index contributed by atoms with van der Waals surface area (Å²) < 4.78 is 11.2. The van der Waals surface area contributed by atoms with Gasteiger partial charge in [-0.15, -0.1) is 0 Å². The third kappa shape index (κ3) is 3.92. The minimum atomic E-state index is -0.388. The zero-order valence-corrected chi connectivity index (χ0v) is 16.8. The highest BCUT2D eigenvalue weighted by atomic mass is 16.6. The number of carbonyl (C=O) groups is 2. The van der Waals surface area contributed by atoms with Gasteiger partial charge in [-0.3, -0.25) is 9.59 Å². The van der Waals surface area contributed by atoms with Crippen LogP contribution in [0.5, 0.6) is 11.5 Å². The van der Waals surface area contributed by atoms with Gasteiger partial charge in [0.05, 0.1) is 5.92 Å². The van der Waals surface area contributed by atoms with Gasteiger partial charge in [0.25, 0.3) is 0 Å². The molecule has 1 fully saturated rings. The van der Waals surface area contributed by atoms with Crippen molar-refractivity contribution in [3.05, 3.63) is 48.0 Å². The summed E-state index contributed by atoms with van der Waals surface area (Å²) in [6, 6.07) is 13.3. The first-order valence-corrected chi connectivity index (χ1v) is 10.2. The average Bonchev–Trinajstić information content (AvgIpc) is 3.15. The van der Waals surface area contributed by atoms with Crippen molar-refractivity contribution in [3.63, 3.8) is 0 Å². The third-order valence-electron chi connectivity index (χ3n) is 5.70. The Hall–Kier alpha value is -3.02. The number of fused-ring (bicyclic) bond motifs is 1. The van der Waals surface area contributed by atoms with E-state index in [0.717, 1.165) is 23.4 Å². The summed E-state index contributed by atoms with van der Waals surface area (Å²) in [6.07, 6.45) is 1.19. The van der Waals surface area contributed by atoms with Crippen LogP contribution in [0.25, 0.3) is 0 Å². The largest absolute Gasteiger partial charge is 0.486 e. The lowest BCUT2D eigenvalue weighted by atomic mass is 9.96. The van der Waals surface area contributed by atoms with Crippen molar-refractivity contribution in [2.45, 2.75) is 32.6 Å². The van der Waals surface area contributed by atoms with Crippen molar-refractivity contribution in [2.24, 2.45) is 5.92 Å². The number of carbonyl (C=O) groups excluding carboxylic acids is 2. The summed E-state index contributed by atoms with van der Waals surface area (Å²) in [5.74, 6) is 1.11. The van der Waals surface area contributed by atoms with Crippen LogP contribution in [-0.4, -0.2) is 31.6 Å². The number of amides is 2. The normalized spacial score (nSPS) is 19.2. The van der Waals surface area contributed by atoms with Crippen molar-refractivity contribution < 1.29 is 19.1 Å². The molecule has 2 aromatic rings. The van der Waals surface area contributed by atoms with Gasteiger partial charge in [-0.05, 0) is 36.1 Å². The molecule has 0 radical (unpaired) electrons. The Balaban J connectivity index is 1.48. The van der Waals surface area contributed by atoms with Crippen LogP contribution in [0.2, 0.25) is 0 Å². The lowest BCUT2D eigenvalue weighted by molar-refractivity contribution is -0.122. The number of benzene rings is 2.